The number of nitriles is 1. The average molecular weight is 265 g/mol. The molecule has 0 atom stereocenters. The first-order valence-corrected chi connectivity index (χ1v) is 6.79. The first-order valence-electron chi connectivity index (χ1n) is 5.80. The quantitative estimate of drug-likeness (QED) is 0.736. The van der Waals surface area contributed by atoms with Gasteiger partial charge in [-0.05, 0) is 37.5 Å². The molecule has 1 nitrogen and oxygen atoms in total. The molecule has 17 heavy (non-hydrogen) atoms. The lowest BCUT2D eigenvalue weighted by Crippen LogP contribution is -2.30. The van der Waals surface area contributed by atoms with Crippen LogP contribution in [-0.4, -0.2) is 11.3 Å². The predicted octanol–water partition coefficient (Wildman–Crippen LogP) is 4.74. The third-order valence-corrected chi connectivity index (χ3v) is 4.38. The van der Waals surface area contributed by atoms with E-state index in [-0.39, 0.29) is 22.9 Å². The molecule has 0 unspecified atom stereocenters. The Morgan fingerprint density at radius 1 is 1.18 bits per heavy atom. The Morgan fingerprint density at radius 3 is 2.12 bits per heavy atom. The smallest absolute Gasteiger partial charge is 0.198 e. The van der Waals surface area contributed by atoms with Crippen molar-refractivity contribution >= 4 is 11.8 Å². The second-order valence-corrected chi connectivity index (χ2v) is 6.76. The van der Waals surface area contributed by atoms with E-state index in [4.69, 9.17) is 0 Å². The fraction of sp³-hybridized carbons (Fsp3) is 0.917. The molecule has 0 radical (unpaired) electrons. The van der Waals surface area contributed by atoms with Crippen LogP contribution in [0.3, 0.4) is 0 Å². The van der Waals surface area contributed by atoms with E-state index in [1.165, 1.54) is 0 Å². The van der Waals surface area contributed by atoms with Gasteiger partial charge in [0.2, 0.25) is 0 Å². The summed E-state index contributed by atoms with van der Waals surface area (Å²) in [5, 5.41) is 9.20. The first-order chi connectivity index (χ1) is 7.68. The zero-order chi connectivity index (χ0) is 13.2. The lowest BCUT2D eigenvalue weighted by molar-refractivity contribution is -0.0329. The second-order valence-electron chi connectivity index (χ2n) is 5.60. The van der Waals surface area contributed by atoms with Crippen LogP contribution in [0.5, 0.6) is 0 Å². The molecule has 1 aliphatic carbocycles. The third kappa shape index (κ3) is 4.79. The van der Waals surface area contributed by atoms with Crippen LogP contribution in [0.4, 0.5) is 13.2 Å². The number of thioether (sulfide) groups is 1. The molecular formula is C12H18F3NS. The minimum absolute atomic E-state index is 0.00249. The molecule has 0 saturated heterocycles. The summed E-state index contributed by atoms with van der Waals surface area (Å²) in [7, 11) is 0. The lowest BCUT2D eigenvalue weighted by Gasteiger charge is -2.39. The molecule has 1 saturated carbocycles. The molecule has 0 aliphatic heterocycles. The Morgan fingerprint density at radius 2 is 1.71 bits per heavy atom. The summed E-state index contributed by atoms with van der Waals surface area (Å²) in [5.74, 6) is -0.00249. The van der Waals surface area contributed by atoms with Crippen molar-refractivity contribution in [2.45, 2.75) is 51.5 Å². The van der Waals surface area contributed by atoms with Crippen molar-refractivity contribution in [3.63, 3.8) is 0 Å². The predicted molar refractivity (Wildman–Crippen MR) is 63.4 cm³/mol. The number of rotatable bonds is 3. The van der Waals surface area contributed by atoms with Gasteiger partial charge in [-0.1, -0.05) is 25.6 Å². The minimum atomic E-state index is -4.18. The van der Waals surface area contributed by atoms with Crippen LogP contribution in [0.2, 0.25) is 0 Å². The van der Waals surface area contributed by atoms with E-state index in [0.717, 1.165) is 25.7 Å². The van der Waals surface area contributed by atoms with Gasteiger partial charge >= 0.3 is 5.51 Å². The summed E-state index contributed by atoms with van der Waals surface area (Å²) in [5.41, 5.74) is -4.46. The topological polar surface area (TPSA) is 23.8 Å². The maximum atomic E-state index is 12.0. The van der Waals surface area contributed by atoms with Crippen LogP contribution in [-0.2, 0) is 0 Å². The highest BCUT2D eigenvalue weighted by molar-refractivity contribution is 8.00. The van der Waals surface area contributed by atoms with Crippen LogP contribution in [0.1, 0.15) is 46.0 Å². The van der Waals surface area contributed by atoms with Crippen molar-refractivity contribution in [2.75, 3.05) is 5.75 Å². The highest BCUT2D eigenvalue weighted by Gasteiger charge is 2.39. The van der Waals surface area contributed by atoms with E-state index in [1.54, 1.807) is 0 Å². The zero-order valence-electron chi connectivity index (χ0n) is 10.2. The van der Waals surface area contributed by atoms with Gasteiger partial charge in [0, 0.05) is 5.75 Å². The Kier molecular flexibility index (Phi) is 4.40. The van der Waals surface area contributed by atoms with Crippen molar-refractivity contribution < 1.29 is 13.2 Å². The van der Waals surface area contributed by atoms with E-state index >= 15 is 0 Å². The third-order valence-electron chi connectivity index (χ3n) is 3.64. The van der Waals surface area contributed by atoms with E-state index in [9.17, 15) is 18.4 Å². The van der Waals surface area contributed by atoms with Crippen molar-refractivity contribution in [2.24, 2.45) is 10.8 Å². The normalized spacial score (nSPS) is 23.1. The number of hydrogen-bond donors (Lipinski definition) is 0. The molecule has 0 aromatic rings. The number of nitrogens with zero attached hydrogens (tertiary/aromatic N) is 1. The van der Waals surface area contributed by atoms with Gasteiger partial charge < -0.3 is 0 Å². The Hall–Kier alpha value is -0.370. The number of alkyl halides is 3. The maximum absolute atomic E-state index is 12.0. The second kappa shape index (κ2) is 5.09. The molecule has 98 valence electrons. The fourth-order valence-electron chi connectivity index (χ4n) is 2.19. The molecule has 0 amide bonds. The van der Waals surface area contributed by atoms with Crippen molar-refractivity contribution in [3.8, 4) is 6.07 Å². The molecule has 1 aliphatic rings. The van der Waals surface area contributed by atoms with Crippen molar-refractivity contribution in [3.05, 3.63) is 0 Å². The van der Waals surface area contributed by atoms with Crippen LogP contribution >= 0.6 is 11.8 Å². The standard InChI is InChI=1S/C12H18F3NS/c1-10(2)3-5-11(9-16,6-4-10)7-8-17-12(13,14)15/h3-8H2,1-2H3. The Bertz CT molecular complexity index is 294. The first kappa shape index (κ1) is 14.7. The molecule has 1 fully saturated rings. The summed E-state index contributed by atoms with van der Waals surface area (Å²) in [6.07, 6.45) is 3.67. The van der Waals surface area contributed by atoms with Gasteiger partial charge in [0.05, 0.1) is 11.5 Å². The summed E-state index contributed by atoms with van der Waals surface area (Å²) in [4.78, 5) is 0. The average Bonchev–Trinajstić information content (AvgIpc) is 2.19. The largest absolute Gasteiger partial charge is 0.441 e. The van der Waals surface area contributed by atoms with Crippen LogP contribution in [0.15, 0.2) is 0 Å². The molecule has 1 rings (SSSR count). The summed E-state index contributed by atoms with van der Waals surface area (Å²) in [6, 6.07) is 2.26. The monoisotopic (exact) mass is 265 g/mol. The fourth-order valence-corrected chi connectivity index (χ4v) is 2.91. The van der Waals surface area contributed by atoms with E-state index < -0.39 is 10.9 Å². The van der Waals surface area contributed by atoms with Gasteiger partial charge in [-0.15, -0.1) is 0 Å². The van der Waals surface area contributed by atoms with Gasteiger partial charge in [-0.25, -0.2) is 0 Å². The Labute approximate surface area is 105 Å². The molecule has 0 spiro atoms. The molecule has 0 aromatic heterocycles. The van der Waals surface area contributed by atoms with Crippen LogP contribution in [0, 0.1) is 22.2 Å². The van der Waals surface area contributed by atoms with Crippen LogP contribution < -0.4 is 0 Å². The van der Waals surface area contributed by atoms with Gasteiger partial charge in [0.1, 0.15) is 0 Å². The number of hydrogen-bond acceptors (Lipinski definition) is 2. The van der Waals surface area contributed by atoms with Crippen LogP contribution in [0.25, 0.3) is 0 Å². The van der Waals surface area contributed by atoms with Gasteiger partial charge in [0.15, 0.2) is 0 Å². The minimum Gasteiger partial charge on any atom is -0.198 e. The maximum Gasteiger partial charge on any atom is 0.441 e. The molecule has 0 bridgehead atoms. The molecule has 5 heteroatoms. The molecule has 0 N–H and O–H groups in total. The van der Waals surface area contributed by atoms with Gasteiger partial charge in [0.25, 0.3) is 0 Å². The molecule has 0 heterocycles. The zero-order valence-corrected chi connectivity index (χ0v) is 11.0. The summed E-state index contributed by atoms with van der Waals surface area (Å²) >= 11 is -0.0101. The van der Waals surface area contributed by atoms with E-state index in [2.05, 4.69) is 19.9 Å². The van der Waals surface area contributed by atoms with E-state index in [0.29, 0.717) is 6.42 Å². The lowest BCUT2D eigenvalue weighted by atomic mass is 9.65. The Balaban J connectivity index is 2.47. The molecular weight excluding hydrogens is 247 g/mol. The summed E-state index contributed by atoms with van der Waals surface area (Å²) < 4.78 is 36.1. The van der Waals surface area contributed by atoms with Crippen molar-refractivity contribution in [1.29, 1.82) is 5.26 Å². The highest BCUT2D eigenvalue weighted by Crippen LogP contribution is 2.47. The summed E-state index contributed by atoms with van der Waals surface area (Å²) in [6.45, 7) is 4.30. The van der Waals surface area contributed by atoms with Gasteiger partial charge in [-0.3, -0.25) is 0 Å². The van der Waals surface area contributed by atoms with Crippen molar-refractivity contribution in [1.82, 2.24) is 0 Å². The van der Waals surface area contributed by atoms with Gasteiger partial charge in [-0.2, -0.15) is 18.4 Å². The highest BCUT2D eigenvalue weighted by atomic mass is 32.2. The van der Waals surface area contributed by atoms with E-state index in [1.807, 2.05) is 0 Å². The number of halogens is 3. The SMILES string of the molecule is CC1(C)CCC(C#N)(CCSC(F)(F)F)CC1. The molecule has 0 aromatic carbocycles.